The number of amides is 1. The fourth-order valence-electron chi connectivity index (χ4n) is 0.789. The van der Waals surface area contributed by atoms with Crippen LogP contribution in [0.2, 0.25) is 0 Å². The molecule has 1 aliphatic heterocycles. The molecule has 0 spiro atoms. The molecule has 5 nitrogen and oxygen atoms in total. The third-order valence-electron chi connectivity index (χ3n) is 1.40. The van der Waals surface area contributed by atoms with Gasteiger partial charge in [0.2, 0.25) is 0 Å². The van der Waals surface area contributed by atoms with Crippen LogP contribution in [-0.4, -0.2) is 24.6 Å². The first kappa shape index (κ1) is 9.18. The Hall–Kier alpha value is -1.91. The standard InChI is InChI=1S/C8H10N4O/c1-2-3-10-4-6-7(9)11-5-12-8(6)13/h2,4-5,10H,1,3H2,(H2,9,11,12,13)/b6-4+. The van der Waals surface area contributed by atoms with Crippen LogP contribution in [0.25, 0.3) is 0 Å². The van der Waals surface area contributed by atoms with Crippen LogP contribution in [0.5, 0.6) is 0 Å². The zero-order valence-corrected chi connectivity index (χ0v) is 7.00. The van der Waals surface area contributed by atoms with Crippen LogP contribution in [0, 0.1) is 5.41 Å². The molecule has 0 aromatic rings. The molecular formula is C8H10N4O. The number of amidine groups is 1. The van der Waals surface area contributed by atoms with Crippen LogP contribution >= 0.6 is 0 Å². The second-order valence-electron chi connectivity index (χ2n) is 2.34. The molecule has 0 saturated carbocycles. The topological polar surface area (TPSA) is 77.3 Å². The Morgan fingerprint density at radius 1 is 1.77 bits per heavy atom. The van der Waals surface area contributed by atoms with Gasteiger partial charge in [-0.05, 0) is 0 Å². The minimum absolute atomic E-state index is 0.0414. The van der Waals surface area contributed by atoms with Crippen molar-refractivity contribution in [2.75, 3.05) is 6.54 Å². The number of carbonyl (C=O) groups is 1. The fourth-order valence-corrected chi connectivity index (χ4v) is 0.789. The van der Waals surface area contributed by atoms with Crippen molar-refractivity contribution in [2.45, 2.75) is 0 Å². The van der Waals surface area contributed by atoms with E-state index in [0.717, 1.165) is 0 Å². The first-order valence-electron chi connectivity index (χ1n) is 3.72. The summed E-state index contributed by atoms with van der Waals surface area (Å²) >= 11 is 0. The number of aliphatic imine (C=N–C) groups is 1. The summed E-state index contributed by atoms with van der Waals surface area (Å²) in [4.78, 5) is 14.8. The van der Waals surface area contributed by atoms with Gasteiger partial charge in [0.25, 0.3) is 5.91 Å². The third kappa shape index (κ3) is 2.26. The lowest BCUT2D eigenvalue weighted by atomic mass is 10.2. The molecule has 1 rings (SSSR count). The van der Waals surface area contributed by atoms with E-state index in [1.807, 2.05) is 0 Å². The summed E-state index contributed by atoms with van der Waals surface area (Å²) in [6.07, 6.45) is 4.32. The average Bonchev–Trinajstić information content (AvgIpc) is 2.10. The van der Waals surface area contributed by atoms with Gasteiger partial charge in [-0.1, -0.05) is 6.08 Å². The van der Waals surface area contributed by atoms with Crippen molar-refractivity contribution in [1.82, 2.24) is 10.6 Å². The Morgan fingerprint density at radius 3 is 3.15 bits per heavy atom. The van der Waals surface area contributed by atoms with Crippen molar-refractivity contribution in [1.29, 1.82) is 5.41 Å². The second-order valence-corrected chi connectivity index (χ2v) is 2.34. The minimum Gasteiger partial charge on any atom is -0.387 e. The molecule has 1 aliphatic rings. The molecule has 0 aromatic heterocycles. The van der Waals surface area contributed by atoms with Gasteiger partial charge >= 0.3 is 0 Å². The highest BCUT2D eigenvalue weighted by molar-refractivity contribution is 6.25. The van der Waals surface area contributed by atoms with E-state index in [1.54, 1.807) is 6.08 Å². The van der Waals surface area contributed by atoms with E-state index < -0.39 is 0 Å². The number of carbonyl (C=O) groups excluding carboxylic acids is 1. The van der Waals surface area contributed by atoms with E-state index in [1.165, 1.54) is 12.5 Å². The maximum Gasteiger partial charge on any atom is 0.261 e. The molecule has 68 valence electrons. The highest BCUT2D eigenvalue weighted by atomic mass is 16.1. The van der Waals surface area contributed by atoms with Crippen LogP contribution in [0.15, 0.2) is 29.4 Å². The van der Waals surface area contributed by atoms with E-state index >= 15 is 0 Å². The quantitative estimate of drug-likeness (QED) is 0.317. The molecule has 0 bridgehead atoms. The molecule has 1 heterocycles. The molecule has 0 aliphatic carbocycles. The zero-order valence-electron chi connectivity index (χ0n) is 7.00. The molecule has 13 heavy (non-hydrogen) atoms. The molecule has 0 radical (unpaired) electrons. The zero-order chi connectivity index (χ0) is 9.68. The lowest BCUT2D eigenvalue weighted by molar-refractivity contribution is -0.115. The third-order valence-corrected chi connectivity index (χ3v) is 1.40. The first-order chi connectivity index (χ1) is 6.25. The summed E-state index contributed by atoms with van der Waals surface area (Å²) in [5, 5.41) is 12.5. The van der Waals surface area contributed by atoms with Gasteiger partial charge in [-0.2, -0.15) is 0 Å². The van der Waals surface area contributed by atoms with Gasteiger partial charge in [0.1, 0.15) is 0 Å². The second kappa shape index (κ2) is 4.20. The van der Waals surface area contributed by atoms with Gasteiger partial charge in [-0.25, -0.2) is 4.99 Å². The van der Waals surface area contributed by atoms with E-state index in [9.17, 15) is 4.79 Å². The molecule has 3 N–H and O–H groups in total. The Bertz CT molecular complexity index is 303. The highest BCUT2D eigenvalue weighted by Gasteiger charge is 2.16. The number of nitrogens with zero attached hydrogens (tertiary/aromatic N) is 1. The van der Waals surface area contributed by atoms with E-state index in [4.69, 9.17) is 5.41 Å². The SMILES string of the molecule is C=CCN/C=C1\C(=N)N=CNC1=O. The number of hydrogen-bond donors (Lipinski definition) is 3. The minimum atomic E-state index is -0.323. The molecule has 1 amide bonds. The normalized spacial score (nSPS) is 18.6. The summed E-state index contributed by atoms with van der Waals surface area (Å²) in [7, 11) is 0. The highest BCUT2D eigenvalue weighted by Crippen LogP contribution is 1.99. The molecule has 0 unspecified atom stereocenters. The maximum absolute atomic E-state index is 11.1. The Kier molecular flexibility index (Phi) is 2.97. The first-order valence-corrected chi connectivity index (χ1v) is 3.72. The van der Waals surface area contributed by atoms with Gasteiger partial charge in [-0.3, -0.25) is 10.2 Å². The molecule has 0 fully saturated rings. The van der Waals surface area contributed by atoms with Crippen molar-refractivity contribution in [2.24, 2.45) is 4.99 Å². The molecule has 5 heteroatoms. The summed E-state index contributed by atoms with van der Waals surface area (Å²) in [6.45, 7) is 4.06. The molecule has 0 aromatic carbocycles. The van der Waals surface area contributed by atoms with Crippen molar-refractivity contribution in [3.8, 4) is 0 Å². The van der Waals surface area contributed by atoms with Gasteiger partial charge in [0, 0.05) is 12.7 Å². The van der Waals surface area contributed by atoms with Gasteiger partial charge in [-0.15, -0.1) is 6.58 Å². The summed E-state index contributed by atoms with van der Waals surface area (Å²) in [6, 6.07) is 0. The van der Waals surface area contributed by atoms with Crippen molar-refractivity contribution >= 4 is 18.1 Å². The van der Waals surface area contributed by atoms with Crippen LogP contribution in [-0.2, 0) is 4.79 Å². The predicted molar refractivity (Wildman–Crippen MR) is 50.6 cm³/mol. The van der Waals surface area contributed by atoms with Crippen LogP contribution in [0.3, 0.4) is 0 Å². The smallest absolute Gasteiger partial charge is 0.261 e. The monoisotopic (exact) mass is 178 g/mol. The van der Waals surface area contributed by atoms with Crippen molar-refractivity contribution < 1.29 is 4.79 Å². The van der Waals surface area contributed by atoms with Gasteiger partial charge < -0.3 is 10.6 Å². The van der Waals surface area contributed by atoms with Crippen molar-refractivity contribution in [3.63, 3.8) is 0 Å². The predicted octanol–water partition coefficient (Wildman–Crippen LogP) is -0.219. The summed E-state index contributed by atoms with van der Waals surface area (Å²) < 4.78 is 0. The summed E-state index contributed by atoms with van der Waals surface area (Å²) in [5.41, 5.74) is 0.226. The maximum atomic E-state index is 11.1. The van der Waals surface area contributed by atoms with E-state index in [0.29, 0.717) is 6.54 Å². The number of rotatable bonds is 3. The van der Waals surface area contributed by atoms with Crippen LogP contribution in [0.4, 0.5) is 0 Å². The Morgan fingerprint density at radius 2 is 2.54 bits per heavy atom. The van der Waals surface area contributed by atoms with E-state index in [-0.39, 0.29) is 17.3 Å². The van der Waals surface area contributed by atoms with E-state index in [2.05, 4.69) is 22.2 Å². The number of hydrogen-bond acceptors (Lipinski definition) is 3. The van der Waals surface area contributed by atoms with Crippen LogP contribution < -0.4 is 10.6 Å². The molecule has 0 atom stereocenters. The van der Waals surface area contributed by atoms with Gasteiger partial charge in [0.15, 0.2) is 5.84 Å². The fraction of sp³-hybridized carbons (Fsp3) is 0.125. The number of nitrogens with one attached hydrogen (secondary N) is 3. The Labute approximate surface area is 75.8 Å². The lowest BCUT2D eigenvalue weighted by Crippen LogP contribution is -2.32. The lowest BCUT2D eigenvalue weighted by Gasteiger charge is -2.08. The van der Waals surface area contributed by atoms with Gasteiger partial charge in [0.05, 0.1) is 11.9 Å². The molecule has 0 saturated heterocycles. The Balaban J connectivity index is 2.70. The van der Waals surface area contributed by atoms with Crippen LogP contribution in [0.1, 0.15) is 0 Å². The summed E-state index contributed by atoms with van der Waals surface area (Å²) in [5.74, 6) is -0.364. The van der Waals surface area contributed by atoms with Crippen molar-refractivity contribution in [3.05, 3.63) is 24.4 Å². The molecular weight excluding hydrogens is 168 g/mol. The largest absolute Gasteiger partial charge is 0.387 e. The average molecular weight is 178 g/mol.